The van der Waals surface area contributed by atoms with Crippen LogP contribution in [0.25, 0.3) is 10.9 Å². The van der Waals surface area contributed by atoms with Gasteiger partial charge in [0.2, 0.25) is 0 Å². The Hall–Kier alpha value is -2.03. The predicted octanol–water partition coefficient (Wildman–Crippen LogP) is 2.41. The van der Waals surface area contributed by atoms with Crippen LogP contribution < -0.4 is 0 Å². The van der Waals surface area contributed by atoms with Crippen LogP contribution in [0, 0.1) is 0 Å². The highest BCUT2D eigenvalue weighted by atomic mass is 15.1. The summed E-state index contributed by atoms with van der Waals surface area (Å²) < 4.78 is 2.15. The van der Waals surface area contributed by atoms with Crippen molar-refractivity contribution in [2.24, 2.45) is 0 Å². The molecule has 15 heavy (non-hydrogen) atoms. The van der Waals surface area contributed by atoms with E-state index in [1.807, 2.05) is 18.3 Å². The van der Waals surface area contributed by atoms with Crippen molar-refractivity contribution in [1.29, 1.82) is 0 Å². The maximum atomic E-state index is 4.01. The molecule has 1 N–H and O–H groups in total. The second-order valence-electron chi connectivity index (χ2n) is 3.65. The molecule has 0 radical (unpaired) electrons. The predicted molar refractivity (Wildman–Crippen MR) is 59.6 cm³/mol. The lowest BCUT2D eigenvalue weighted by atomic mass is 10.2. The molecule has 0 unspecified atom stereocenters. The van der Waals surface area contributed by atoms with E-state index in [2.05, 4.69) is 45.4 Å². The van der Waals surface area contributed by atoms with Crippen molar-refractivity contribution in [1.82, 2.24) is 14.8 Å². The SMILES string of the molecule is c1ccn(Cc2ccc3cn[nH]c3c2)c1. The summed E-state index contributed by atoms with van der Waals surface area (Å²) in [5, 5.41) is 8.15. The molecule has 2 heterocycles. The van der Waals surface area contributed by atoms with Gasteiger partial charge >= 0.3 is 0 Å². The van der Waals surface area contributed by atoms with E-state index in [0.29, 0.717) is 0 Å². The van der Waals surface area contributed by atoms with Gasteiger partial charge in [0.1, 0.15) is 0 Å². The molecule has 1 aromatic carbocycles. The number of hydrogen-bond acceptors (Lipinski definition) is 1. The summed E-state index contributed by atoms with van der Waals surface area (Å²) in [5.74, 6) is 0. The fourth-order valence-electron chi connectivity index (χ4n) is 1.77. The van der Waals surface area contributed by atoms with Crippen LogP contribution in [-0.2, 0) is 6.54 Å². The van der Waals surface area contributed by atoms with Gasteiger partial charge in [-0.1, -0.05) is 12.1 Å². The molecule has 3 nitrogen and oxygen atoms in total. The summed E-state index contributed by atoms with van der Waals surface area (Å²) in [4.78, 5) is 0. The Balaban J connectivity index is 1.97. The molecule has 3 aromatic rings. The normalized spacial score (nSPS) is 10.9. The minimum Gasteiger partial charge on any atom is -0.350 e. The lowest BCUT2D eigenvalue weighted by Gasteiger charge is -2.02. The van der Waals surface area contributed by atoms with Crippen molar-refractivity contribution >= 4 is 10.9 Å². The van der Waals surface area contributed by atoms with Gasteiger partial charge in [-0.05, 0) is 23.8 Å². The molecule has 0 fully saturated rings. The third-order valence-electron chi connectivity index (χ3n) is 2.54. The molecule has 3 rings (SSSR count). The Morgan fingerprint density at radius 2 is 2.07 bits per heavy atom. The summed E-state index contributed by atoms with van der Waals surface area (Å²) in [6.45, 7) is 0.905. The first-order valence-electron chi connectivity index (χ1n) is 4.94. The number of hydrogen-bond donors (Lipinski definition) is 1. The highest BCUT2D eigenvalue weighted by molar-refractivity contribution is 5.78. The smallest absolute Gasteiger partial charge is 0.0653 e. The van der Waals surface area contributed by atoms with Gasteiger partial charge in [0.25, 0.3) is 0 Å². The highest BCUT2D eigenvalue weighted by Crippen LogP contribution is 2.13. The van der Waals surface area contributed by atoms with Crippen LogP contribution in [0.2, 0.25) is 0 Å². The highest BCUT2D eigenvalue weighted by Gasteiger charge is 1.98. The number of H-pyrrole nitrogens is 1. The molecule has 0 amide bonds. The molecule has 0 atom stereocenters. The van der Waals surface area contributed by atoms with Crippen LogP contribution in [0.15, 0.2) is 48.9 Å². The number of nitrogens with one attached hydrogen (secondary N) is 1. The molecule has 2 aromatic heterocycles. The van der Waals surface area contributed by atoms with Gasteiger partial charge < -0.3 is 4.57 Å². The quantitative estimate of drug-likeness (QED) is 0.672. The van der Waals surface area contributed by atoms with E-state index >= 15 is 0 Å². The van der Waals surface area contributed by atoms with Gasteiger partial charge in [0.05, 0.1) is 11.7 Å². The van der Waals surface area contributed by atoms with Gasteiger partial charge in [-0.25, -0.2) is 0 Å². The van der Waals surface area contributed by atoms with Crippen LogP contribution in [0.4, 0.5) is 0 Å². The maximum Gasteiger partial charge on any atom is 0.0653 e. The van der Waals surface area contributed by atoms with Crippen LogP contribution in [0.3, 0.4) is 0 Å². The van der Waals surface area contributed by atoms with Crippen LogP contribution >= 0.6 is 0 Å². The van der Waals surface area contributed by atoms with Crippen LogP contribution in [0.5, 0.6) is 0 Å². The molecule has 0 spiro atoms. The molecular formula is C12H11N3. The topological polar surface area (TPSA) is 33.6 Å². The average molecular weight is 197 g/mol. The first-order chi connectivity index (χ1) is 7.42. The fraction of sp³-hybridized carbons (Fsp3) is 0.0833. The first kappa shape index (κ1) is 8.29. The minimum atomic E-state index is 0.905. The van der Waals surface area contributed by atoms with Gasteiger partial charge in [-0.3, -0.25) is 5.10 Å². The van der Waals surface area contributed by atoms with Crippen molar-refractivity contribution in [3.05, 3.63) is 54.5 Å². The van der Waals surface area contributed by atoms with Crippen molar-refractivity contribution in [3.63, 3.8) is 0 Å². The van der Waals surface area contributed by atoms with E-state index in [-0.39, 0.29) is 0 Å². The Labute approximate surface area is 87.4 Å². The van der Waals surface area contributed by atoms with Gasteiger partial charge in [0.15, 0.2) is 0 Å². The lowest BCUT2D eigenvalue weighted by molar-refractivity contribution is 0.807. The monoisotopic (exact) mass is 197 g/mol. The van der Waals surface area contributed by atoms with Crippen molar-refractivity contribution < 1.29 is 0 Å². The summed E-state index contributed by atoms with van der Waals surface area (Å²) in [5.41, 5.74) is 2.38. The van der Waals surface area contributed by atoms with E-state index in [0.717, 1.165) is 17.4 Å². The van der Waals surface area contributed by atoms with Crippen molar-refractivity contribution in [2.45, 2.75) is 6.54 Å². The third kappa shape index (κ3) is 1.52. The maximum absolute atomic E-state index is 4.01. The Morgan fingerprint density at radius 3 is 2.93 bits per heavy atom. The second kappa shape index (κ2) is 3.28. The fourth-order valence-corrected chi connectivity index (χ4v) is 1.77. The van der Waals surface area contributed by atoms with E-state index in [4.69, 9.17) is 0 Å². The Morgan fingerprint density at radius 1 is 1.20 bits per heavy atom. The molecular weight excluding hydrogens is 186 g/mol. The van der Waals surface area contributed by atoms with Gasteiger partial charge in [-0.2, -0.15) is 5.10 Å². The number of benzene rings is 1. The molecule has 74 valence electrons. The first-order valence-corrected chi connectivity index (χ1v) is 4.94. The molecule has 3 heteroatoms. The molecule has 0 bridgehead atoms. The summed E-state index contributed by atoms with van der Waals surface area (Å²) in [6, 6.07) is 10.4. The molecule has 0 saturated heterocycles. The van der Waals surface area contributed by atoms with Crippen molar-refractivity contribution in [3.8, 4) is 0 Å². The molecule has 0 aliphatic rings. The zero-order chi connectivity index (χ0) is 10.1. The number of aromatic amines is 1. The Kier molecular flexibility index (Phi) is 1.81. The summed E-state index contributed by atoms with van der Waals surface area (Å²) in [7, 11) is 0. The van der Waals surface area contributed by atoms with Gasteiger partial charge in [-0.15, -0.1) is 0 Å². The number of rotatable bonds is 2. The third-order valence-corrected chi connectivity index (χ3v) is 2.54. The van der Waals surface area contributed by atoms with Gasteiger partial charge in [0, 0.05) is 24.3 Å². The van der Waals surface area contributed by atoms with Crippen LogP contribution in [-0.4, -0.2) is 14.8 Å². The average Bonchev–Trinajstić information content (AvgIpc) is 2.87. The Bertz CT molecular complexity index is 563. The largest absolute Gasteiger partial charge is 0.350 e. The van der Waals surface area contributed by atoms with E-state index in [1.165, 1.54) is 5.56 Å². The molecule has 0 aliphatic heterocycles. The van der Waals surface area contributed by atoms with Crippen LogP contribution in [0.1, 0.15) is 5.56 Å². The standard InChI is InChI=1S/C12H11N3/c1-2-6-15(5-1)9-10-3-4-11-8-13-14-12(11)7-10/h1-8H,9H2,(H,13,14). The van der Waals surface area contributed by atoms with E-state index < -0.39 is 0 Å². The van der Waals surface area contributed by atoms with E-state index in [9.17, 15) is 0 Å². The summed E-state index contributed by atoms with van der Waals surface area (Å²) in [6.07, 6.45) is 5.98. The summed E-state index contributed by atoms with van der Waals surface area (Å²) >= 11 is 0. The lowest BCUT2D eigenvalue weighted by Crippen LogP contribution is -1.95. The zero-order valence-electron chi connectivity index (χ0n) is 8.22. The second-order valence-corrected chi connectivity index (χ2v) is 3.65. The zero-order valence-corrected chi connectivity index (χ0v) is 8.22. The van der Waals surface area contributed by atoms with Crippen molar-refractivity contribution in [2.75, 3.05) is 0 Å². The van der Waals surface area contributed by atoms with E-state index in [1.54, 1.807) is 0 Å². The number of aromatic nitrogens is 3. The number of fused-ring (bicyclic) bond motifs is 1. The molecule has 0 saturated carbocycles. The molecule has 0 aliphatic carbocycles. The number of nitrogens with zero attached hydrogens (tertiary/aromatic N) is 2. The minimum absolute atomic E-state index is 0.905.